The molecule has 0 radical (unpaired) electrons. The molecule has 254 valence electrons. The zero-order chi connectivity index (χ0) is 34.2. The molecule has 48 heavy (non-hydrogen) atoms. The van der Waals surface area contributed by atoms with Crippen molar-refractivity contribution >= 4 is 29.6 Å². The first-order valence-electron chi connectivity index (χ1n) is 17.1. The van der Waals surface area contributed by atoms with Crippen LogP contribution in [0.3, 0.4) is 0 Å². The standard InChI is InChI=1S/C39H47N3O6/c1-24(2)36(42-39(46)47-23-33-31-14-8-6-12-29(31)30-13-7-9-15-32(30)33)38(45)40-26(4)37(44)41-34-16-10-5-11-27(34)19-22-35(43)48-28-20-17-25(3)18-21-28/h5-16,24-26,28,33,36H,17-23H2,1-4H3,(H,40,45)(H,41,44)(H,42,46)/t25-,26-,28-,36-/m0/s1. The van der Waals surface area contributed by atoms with Gasteiger partial charge in [0.25, 0.3) is 0 Å². The second-order valence-corrected chi connectivity index (χ2v) is 13.4. The number of ether oxygens (including phenoxy) is 2. The molecule has 3 aromatic rings. The largest absolute Gasteiger partial charge is 0.462 e. The third-order valence-electron chi connectivity index (χ3n) is 9.45. The maximum Gasteiger partial charge on any atom is 0.407 e. The molecule has 5 rings (SSSR count). The zero-order valence-corrected chi connectivity index (χ0v) is 28.3. The minimum absolute atomic E-state index is 0.0126. The normalized spacial score (nSPS) is 18.2. The molecular formula is C39H47N3O6. The Hall–Kier alpha value is -4.66. The van der Waals surface area contributed by atoms with Gasteiger partial charge in [-0.15, -0.1) is 0 Å². The van der Waals surface area contributed by atoms with Crippen LogP contribution in [0.15, 0.2) is 72.8 Å². The average molecular weight is 654 g/mol. The fourth-order valence-electron chi connectivity index (χ4n) is 6.60. The fraction of sp³-hybridized carbons (Fsp3) is 0.436. The molecule has 0 bridgehead atoms. The lowest BCUT2D eigenvalue weighted by Gasteiger charge is -2.26. The van der Waals surface area contributed by atoms with E-state index in [9.17, 15) is 19.2 Å². The first-order chi connectivity index (χ1) is 23.1. The summed E-state index contributed by atoms with van der Waals surface area (Å²) in [6.07, 6.45) is 3.87. The van der Waals surface area contributed by atoms with Crippen LogP contribution in [0.4, 0.5) is 10.5 Å². The molecule has 2 aliphatic rings. The molecule has 2 atom stereocenters. The predicted molar refractivity (Wildman–Crippen MR) is 185 cm³/mol. The van der Waals surface area contributed by atoms with E-state index >= 15 is 0 Å². The van der Waals surface area contributed by atoms with Crippen LogP contribution in [0.1, 0.15) is 82.4 Å². The highest BCUT2D eigenvalue weighted by Gasteiger charge is 2.31. The lowest BCUT2D eigenvalue weighted by molar-refractivity contribution is -0.150. The molecule has 0 saturated heterocycles. The summed E-state index contributed by atoms with van der Waals surface area (Å²) in [5.41, 5.74) is 5.82. The van der Waals surface area contributed by atoms with Crippen LogP contribution >= 0.6 is 0 Å². The van der Waals surface area contributed by atoms with Crippen molar-refractivity contribution in [1.29, 1.82) is 0 Å². The monoisotopic (exact) mass is 653 g/mol. The molecule has 2 aliphatic carbocycles. The number of carbonyl (C=O) groups excluding carboxylic acids is 4. The number of benzene rings is 3. The Kier molecular flexibility index (Phi) is 11.5. The lowest BCUT2D eigenvalue weighted by atomic mass is 9.89. The molecule has 0 spiro atoms. The van der Waals surface area contributed by atoms with Crippen molar-refractivity contribution in [3.63, 3.8) is 0 Å². The van der Waals surface area contributed by atoms with Crippen molar-refractivity contribution in [2.75, 3.05) is 11.9 Å². The summed E-state index contributed by atoms with van der Waals surface area (Å²) < 4.78 is 11.3. The van der Waals surface area contributed by atoms with Crippen molar-refractivity contribution in [2.24, 2.45) is 11.8 Å². The molecule has 0 aromatic heterocycles. The van der Waals surface area contributed by atoms with E-state index in [1.165, 1.54) is 0 Å². The molecule has 3 N–H and O–H groups in total. The molecule has 0 aliphatic heterocycles. The molecule has 1 fully saturated rings. The predicted octanol–water partition coefficient (Wildman–Crippen LogP) is 6.75. The van der Waals surface area contributed by atoms with E-state index in [1.54, 1.807) is 19.1 Å². The average Bonchev–Trinajstić information content (AvgIpc) is 3.40. The van der Waals surface area contributed by atoms with Gasteiger partial charge in [-0.25, -0.2) is 4.79 Å². The molecule has 0 unspecified atom stereocenters. The topological polar surface area (TPSA) is 123 Å². The minimum atomic E-state index is -0.915. The quantitative estimate of drug-likeness (QED) is 0.186. The number of anilines is 1. The van der Waals surface area contributed by atoms with E-state index in [0.717, 1.165) is 53.5 Å². The van der Waals surface area contributed by atoms with Crippen molar-refractivity contribution in [3.8, 4) is 11.1 Å². The zero-order valence-electron chi connectivity index (χ0n) is 28.3. The number of nitrogens with one attached hydrogen (secondary N) is 3. The second kappa shape index (κ2) is 16.0. The van der Waals surface area contributed by atoms with Gasteiger partial charge in [-0.05, 0) is 84.7 Å². The lowest BCUT2D eigenvalue weighted by Crippen LogP contribution is -2.53. The van der Waals surface area contributed by atoms with E-state index in [4.69, 9.17) is 9.47 Å². The fourth-order valence-corrected chi connectivity index (χ4v) is 6.60. The van der Waals surface area contributed by atoms with Gasteiger partial charge in [-0.1, -0.05) is 87.5 Å². The highest BCUT2D eigenvalue weighted by Crippen LogP contribution is 2.44. The van der Waals surface area contributed by atoms with Crippen molar-refractivity contribution in [1.82, 2.24) is 10.6 Å². The van der Waals surface area contributed by atoms with Crippen molar-refractivity contribution in [3.05, 3.63) is 89.5 Å². The van der Waals surface area contributed by atoms with Crippen LogP contribution < -0.4 is 16.0 Å². The smallest absolute Gasteiger partial charge is 0.407 e. The molecule has 1 saturated carbocycles. The van der Waals surface area contributed by atoms with Crippen LogP contribution in [0, 0.1) is 11.8 Å². The number of amides is 3. The summed E-state index contributed by atoms with van der Waals surface area (Å²) in [5.74, 6) is -0.838. The molecule has 9 nitrogen and oxygen atoms in total. The number of alkyl carbamates (subject to hydrolysis) is 1. The van der Waals surface area contributed by atoms with Gasteiger partial charge >= 0.3 is 12.1 Å². The number of carbonyl (C=O) groups is 4. The Labute approximate surface area is 283 Å². The SMILES string of the molecule is CC(C)[C@H](NC(=O)OCC1c2ccccc2-c2ccccc21)C(=O)N[C@@H](C)C(=O)Nc1ccccc1CCC(=O)O[C@H]1CC[C@H](C)CC1. The van der Waals surface area contributed by atoms with Gasteiger partial charge in [0.2, 0.25) is 11.8 Å². The van der Waals surface area contributed by atoms with Gasteiger partial charge in [0, 0.05) is 18.0 Å². The first kappa shape index (κ1) is 34.7. The van der Waals surface area contributed by atoms with E-state index in [2.05, 4.69) is 35.0 Å². The second-order valence-electron chi connectivity index (χ2n) is 13.4. The number of aryl methyl sites for hydroxylation is 1. The van der Waals surface area contributed by atoms with Crippen LogP contribution in [0.25, 0.3) is 11.1 Å². The van der Waals surface area contributed by atoms with E-state index < -0.39 is 30.0 Å². The summed E-state index contributed by atoms with van der Waals surface area (Å²) in [4.78, 5) is 51.9. The summed E-state index contributed by atoms with van der Waals surface area (Å²) in [6.45, 7) is 7.57. The van der Waals surface area contributed by atoms with Gasteiger partial charge in [0.15, 0.2) is 0 Å². The van der Waals surface area contributed by atoms with Gasteiger partial charge < -0.3 is 25.4 Å². The van der Waals surface area contributed by atoms with Gasteiger partial charge in [0.1, 0.15) is 24.8 Å². The molecule has 9 heteroatoms. The van der Waals surface area contributed by atoms with E-state index in [-0.39, 0.29) is 36.9 Å². The molecule has 3 aromatic carbocycles. The molecule has 0 heterocycles. The maximum absolute atomic E-state index is 13.3. The Morgan fingerprint density at radius 3 is 2.02 bits per heavy atom. The van der Waals surface area contributed by atoms with Crippen LogP contribution in [-0.4, -0.2) is 48.7 Å². The Morgan fingerprint density at radius 2 is 1.38 bits per heavy atom. The summed E-state index contributed by atoms with van der Waals surface area (Å²) in [7, 11) is 0. The number of para-hydroxylation sites is 1. The van der Waals surface area contributed by atoms with E-state index in [1.807, 2.05) is 62.4 Å². The molecular weight excluding hydrogens is 606 g/mol. The third kappa shape index (κ3) is 8.62. The summed E-state index contributed by atoms with van der Waals surface area (Å²) in [6, 6.07) is 21.6. The Balaban J connectivity index is 1.11. The number of hydrogen-bond acceptors (Lipinski definition) is 6. The Morgan fingerprint density at radius 1 is 0.771 bits per heavy atom. The summed E-state index contributed by atoms with van der Waals surface area (Å²) >= 11 is 0. The maximum atomic E-state index is 13.3. The van der Waals surface area contributed by atoms with Crippen LogP contribution in [-0.2, 0) is 30.3 Å². The first-order valence-corrected chi connectivity index (χ1v) is 17.1. The highest BCUT2D eigenvalue weighted by molar-refractivity contribution is 5.98. The van der Waals surface area contributed by atoms with Crippen LogP contribution in [0.5, 0.6) is 0 Å². The van der Waals surface area contributed by atoms with Crippen LogP contribution in [0.2, 0.25) is 0 Å². The minimum Gasteiger partial charge on any atom is -0.462 e. The van der Waals surface area contributed by atoms with Crippen molar-refractivity contribution < 1.29 is 28.7 Å². The number of fused-ring (bicyclic) bond motifs is 3. The summed E-state index contributed by atoms with van der Waals surface area (Å²) in [5, 5.41) is 8.32. The number of hydrogen-bond donors (Lipinski definition) is 3. The number of rotatable bonds is 12. The van der Waals surface area contributed by atoms with E-state index in [0.29, 0.717) is 18.0 Å². The van der Waals surface area contributed by atoms with Gasteiger partial charge in [-0.2, -0.15) is 0 Å². The van der Waals surface area contributed by atoms with Gasteiger partial charge in [0.05, 0.1) is 0 Å². The van der Waals surface area contributed by atoms with Crippen molar-refractivity contribution in [2.45, 2.75) is 90.3 Å². The number of esters is 1. The highest BCUT2D eigenvalue weighted by atomic mass is 16.6. The van der Waals surface area contributed by atoms with Gasteiger partial charge in [-0.3, -0.25) is 14.4 Å². The molecule has 3 amide bonds. The third-order valence-corrected chi connectivity index (χ3v) is 9.45. The Bertz CT molecular complexity index is 1570.